The normalized spacial score (nSPS) is 10.1. The summed E-state index contributed by atoms with van der Waals surface area (Å²) >= 11 is 0. The molecular formula is C18H28N2O2. The van der Waals surface area contributed by atoms with E-state index in [4.69, 9.17) is 9.53 Å². The summed E-state index contributed by atoms with van der Waals surface area (Å²) in [5.74, 6) is 0.946. The number of hydrogen-bond donors (Lipinski definition) is 1. The SMILES string of the molecule is CCCCc1cc2cc(OC)ccc2n1CCCC.NC=O. The van der Waals surface area contributed by atoms with Crippen molar-refractivity contribution in [3.8, 4) is 5.75 Å². The second kappa shape index (κ2) is 9.87. The van der Waals surface area contributed by atoms with E-state index in [1.165, 1.54) is 48.7 Å². The number of unbranched alkanes of at least 4 members (excludes halogenated alkanes) is 2. The van der Waals surface area contributed by atoms with Gasteiger partial charge in [-0.3, -0.25) is 4.79 Å². The van der Waals surface area contributed by atoms with Crippen molar-refractivity contribution >= 4 is 17.3 Å². The molecular weight excluding hydrogens is 276 g/mol. The van der Waals surface area contributed by atoms with Gasteiger partial charge in [0, 0.05) is 23.1 Å². The Morgan fingerprint density at radius 1 is 1.18 bits per heavy atom. The first kappa shape index (κ1) is 18.1. The molecule has 4 nitrogen and oxygen atoms in total. The monoisotopic (exact) mass is 304 g/mol. The number of primary amides is 1. The van der Waals surface area contributed by atoms with E-state index < -0.39 is 0 Å². The third kappa shape index (κ3) is 4.79. The van der Waals surface area contributed by atoms with Crippen LogP contribution in [0.3, 0.4) is 0 Å². The summed E-state index contributed by atoms with van der Waals surface area (Å²) in [7, 11) is 1.73. The number of amides is 1. The average Bonchev–Trinajstić information content (AvgIpc) is 2.88. The van der Waals surface area contributed by atoms with Crippen molar-refractivity contribution in [3.63, 3.8) is 0 Å². The maximum atomic E-state index is 8.58. The van der Waals surface area contributed by atoms with Gasteiger partial charge in [0.05, 0.1) is 7.11 Å². The molecule has 0 atom stereocenters. The first-order valence-corrected chi connectivity index (χ1v) is 8.03. The minimum Gasteiger partial charge on any atom is -0.497 e. The van der Waals surface area contributed by atoms with Crippen LogP contribution in [0.2, 0.25) is 0 Å². The molecule has 2 N–H and O–H groups in total. The fourth-order valence-electron chi connectivity index (χ4n) is 2.58. The molecule has 0 unspecified atom stereocenters. The zero-order chi connectivity index (χ0) is 16.4. The van der Waals surface area contributed by atoms with Crippen LogP contribution in [0.25, 0.3) is 10.9 Å². The topological polar surface area (TPSA) is 57.2 Å². The molecule has 1 amide bonds. The molecule has 4 heteroatoms. The smallest absolute Gasteiger partial charge is 0.204 e. The second-order valence-corrected chi connectivity index (χ2v) is 5.31. The Hall–Kier alpha value is -1.97. The molecule has 22 heavy (non-hydrogen) atoms. The van der Waals surface area contributed by atoms with Crippen LogP contribution in [0.4, 0.5) is 0 Å². The highest BCUT2D eigenvalue weighted by Crippen LogP contribution is 2.26. The third-order valence-electron chi connectivity index (χ3n) is 3.72. The van der Waals surface area contributed by atoms with Gasteiger partial charge in [0.1, 0.15) is 5.75 Å². The molecule has 1 aromatic carbocycles. The van der Waals surface area contributed by atoms with Crippen molar-refractivity contribution in [1.29, 1.82) is 0 Å². The van der Waals surface area contributed by atoms with E-state index in [1.54, 1.807) is 7.11 Å². The van der Waals surface area contributed by atoms with E-state index in [1.807, 2.05) is 0 Å². The van der Waals surface area contributed by atoms with E-state index >= 15 is 0 Å². The van der Waals surface area contributed by atoms with Crippen LogP contribution in [0.5, 0.6) is 5.75 Å². The molecule has 0 saturated heterocycles. The summed E-state index contributed by atoms with van der Waals surface area (Å²) < 4.78 is 7.82. The van der Waals surface area contributed by atoms with E-state index in [2.05, 4.69) is 48.4 Å². The van der Waals surface area contributed by atoms with Crippen LogP contribution < -0.4 is 10.5 Å². The lowest BCUT2D eigenvalue weighted by atomic mass is 10.2. The lowest BCUT2D eigenvalue weighted by Crippen LogP contribution is -2.02. The molecule has 2 rings (SSSR count). The van der Waals surface area contributed by atoms with Crippen molar-refractivity contribution in [1.82, 2.24) is 4.57 Å². The zero-order valence-electron chi connectivity index (χ0n) is 14.0. The van der Waals surface area contributed by atoms with Crippen molar-refractivity contribution in [3.05, 3.63) is 30.0 Å². The Kier molecular flexibility index (Phi) is 8.11. The molecule has 1 heterocycles. The lowest BCUT2D eigenvalue weighted by molar-refractivity contribution is -0.106. The number of ether oxygens (including phenoxy) is 1. The van der Waals surface area contributed by atoms with E-state index in [0.717, 1.165) is 12.3 Å². The number of methoxy groups -OCH3 is 1. The van der Waals surface area contributed by atoms with Crippen molar-refractivity contribution in [2.45, 2.75) is 52.5 Å². The van der Waals surface area contributed by atoms with Gasteiger partial charge in [0.15, 0.2) is 0 Å². The van der Waals surface area contributed by atoms with Crippen LogP contribution in [-0.2, 0) is 17.8 Å². The van der Waals surface area contributed by atoms with E-state index in [0.29, 0.717) is 0 Å². The Labute approximate surface area is 133 Å². The van der Waals surface area contributed by atoms with Gasteiger partial charge in [-0.05, 0) is 43.5 Å². The van der Waals surface area contributed by atoms with Crippen molar-refractivity contribution in [2.75, 3.05) is 7.11 Å². The highest BCUT2D eigenvalue weighted by atomic mass is 16.5. The molecule has 0 aliphatic carbocycles. The molecule has 0 radical (unpaired) electrons. The number of carbonyl (C=O) groups excluding carboxylic acids is 1. The largest absolute Gasteiger partial charge is 0.497 e. The van der Waals surface area contributed by atoms with Gasteiger partial charge in [-0.25, -0.2) is 0 Å². The number of fused-ring (bicyclic) bond motifs is 1. The first-order chi connectivity index (χ1) is 10.7. The Morgan fingerprint density at radius 2 is 1.86 bits per heavy atom. The molecule has 0 spiro atoms. The summed E-state index contributed by atoms with van der Waals surface area (Å²) in [4.78, 5) is 8.58. The summed E-state index contributed by atoms with van der Waals surface area (Å²) in [6, 6.07) is 8.74. The van der Waals surface area contributed by atoms with Gasteiger partial charge in [-0.15, -0.1) is 0 Å². The summed E-state index contributed by atoms with van der Waals surface area (Å²) in [5, 5.41) is 1.31. The number of aryl methyl sites for hydroxylation is 2. The first-order valence-electron chi connectivity index (χ1n) is 8.03. The highest BCUT2D eigenvalue weighted by Gasteiger charge is 2.09. The van der Waals surface area contributed by atoms with Crippen LogP contribution >= 0.6 is 0 Å². The molecule has 2 aromatic rings. The fourth-order valence-corrected chi connectivity index (χ4v) is 2.58. The minimum atomic E-state index is 0.250. The zero-order valence-corrected chi connectivity index (χ0v) is 14.0. The molecule has 0 bridgehead atoms. The molecule has 0 aliphatic rings. The van der Waals surface area contributed by atoms with Crippen molar-refractivity contribution in [2.24, 2.45) is 5.73 Å². The lowest BCUT2D eigenvalue weighted by Gasteiger charge is -2.10. The Morgan fingerprint density at radius 3 is 2.45 bits per heavy atom. The maximum absolute atomic E-state index is 8.58. The van der Waals surface area contributed by atoms with Gasteiger partial charge in [0.25, 0.3) is 0 Å². The van der Waals surface area contributed by atoms with E-state index in [-0.39, 0.29) is 6.41 Å². The van der Waals surface area contributed by atoms with Gasteiger partial charge in [-0.1, -0.05) is 26.7 Å². The minimum absolute atomic E-state index is 0.250. The number of benzene rings is 1. The summed E-state index contributed by atoms with van der Waals surface area (Å²) in [6.45, 7) is 5.63. The van der Waals surface area contributed by atoms with Gasteiger partial charge in [-0.2, -0.15) is 0 Å². The van der Waals surface area contributed by atoms with E-state index in [9.17, 15) is 0 Å². The number of rotatable bonds is 7. The highest BCUT2D eigenvalue weighted by molar-refractivity contribution is 5.83. The van der Waals surface area contributed by atoms with Gasteiger partial charge in [0.2, 0.25) is 6.41 Å². The number of nitrogens with two attached hydrogens (primary N) is 1. The third-order valence-corrected chi connectivity index (χ3v) is 3.72. The van der Waals surface area contributed by atoms with Crippen LogP contribution in [0, 0.1) is 0 Å². The number of aromatic nitrogens is 1. The number of hydrogen-bond acceptors (Lipinski definition) is 2. The maximum Gasteiger partial charge on any atom is 0.204 e. The molecule has 0 fully saturated rings. The standard InChI is InChI=1S/C17H25NO.CH3NO/c1-4-6-8-15-12-14-13-16(19-3)9-10-17(14)18(15)11-7-5-2;2-1-3/h9-10,12-13H,4-8,11H2,1-3H3;1H,(H2,2,3). The molecule has 122 valence electrons. The van der Waals surface area contributed by atoms with Crippen molar-refractivity contribution < 1.29 is 9.53 Å². The predicted octanol–water partition coefficient (Wildman–Crippen LogP) is 3.89. The summed E-state index contributed by atoms with van der Waals surface area (Å²) in [6.07, 6.45) is 6.42. The molecule has 0 saturated carbocycles. The molecule has 0 aliphatic heterocycles. The quantitative estimate of drug-likeness (QED) is 0.789. The average molecular weight is 304 g/mol. The van der Waals surface area contributed by atoms with Crippen LogP contribution in [0.15, 0.2) is 24.3 Å². The van der Waals surface area contributed by atoms with Crippen LogP contribution in [0.1, 0.15) is 45.2 Å². The molecule has 1 aromatic heterocycles. The Bertz CT molecular complexity index is 576. The van der Waals surface area contributed by atoms with Crippen LogP contribution in [-0.4, -0.2) is 18.1 Å². The van der Waals surface area contributed by atoms with Gasteiger partial charge >= 0.3 is 0 Å². The number of carbonyl (C=O) groups is 1. The predicted molar refractivity (Wildman–Crippen MR) is 92.3 cm³/mol. The second-order valence-electron chi connectivity index (χ2n) is 5.31. The Balaban J connectivity index is 0.000000745. The number of nitrogens with zero attached hydrogens (tertiary/aromatic N) is 1. The summed E-state index contributed by atoms with van der Waals surface area (Å²) in [5.41, 5.74) is 6.99. The fraction of sp³-hybridized carbons (Fsp3) is 0.500. The van der Waals surface area contributed by atoms with Gasteiger partial charge < -0.3 is 15.0 Å².